The van der Waals surface area contributed by atoms with Crippen molar-refractivity contribution < 1.29 is 14.3 Å². The molecule has 1 N–H and O–H groups in total. The molecule has 0 fully saturated rings. The first-order chi connectivity index (χ1) is 13.4. The fraction of sp³-hybridized carbons (Fsp3) is 0.350. The summed E-state index contributed by atoms with van der Waals surface area (Å²) in [6, 6.07) is 6.88. The Balaban J connectivity index is 2.16. The second-order valence-corrected chi connectivity index (χ2v) is 6.86. The molecule has 0 spiro atoms. The summed E-state index contributed by atoms with van der Waals surface area (Å²) in [7, 11) is 2.97. The molecule has 0 amide bonds. The largest absolute Gasteiger partial charge is 0.497 e. The standard InChI is InChI=1S/C20H23ClN4O3/c1-6-16(20(26)28-5)23-17-9-11(2)22-19-18(12(3)24-25(17)19)14-8-7-13(27-4)10-15(14)21/h7-10,16,23H,6H2,1-5H3. The number of hydrogen-bond acceptors (Lipinski definition) is 6. The molecule has 1 unspecified atom stereocenters. The smallest absolute Gasteiger partial charge is 0.328 e. The molecule has 0 radical (unpaired) electrons. The van der Waals surface area contributed by atoms with Gasteiger partial charge in [0.1, 0.15) is 17.6 Å². The number of anilines is 1. The summed E-state index contributed by atoms with van der Waals surface area (Å²) in [5, 5.41) is 8.41. The molecule has 2 aromatic heterocycles. The zero-order valence-corrected chi connectivity index (χ0v) is 17.3. The van der Waals surface area contributed by atoms with Gasteiger partial charge in [0.25, 0.3) is 0 Å². The number of carbonyl (C=O) groups is 1. The molecule has 7 nitrogen and oxygen atoms in total. The Labute approximate surface area is 168 Å². The molecule has 1 atom stereocenters. The van der Waals surface area contributed by atoms with Gasteiger partial charge in [-0.1, -0.05) is 18.5 Å². The second-order valence-electron chi connectivity index (χ2n) is 6.45. The van der Waals surface area contributed by atoms with Gasteiger partial charge in [-0.3, -0.25) is 0 Å². The Hall–Kier alpha value is -2.80. The molecule has 0 aliphatic heterocycles. The summed E-state index contributed by atoms with van der Waals surface area (Å²) >= 11 is 6.50. The van der Waals surface area contributed by atoms with E-state index in [-0.39, 0.29) is 5.97 Å². The molecule has 3 rings (SSSR count). The van der Waals surface area contributed by atoms with E-state index in [1.54, 1.807) is 17.7 Å². The van der Waals surface area contributed by atoms with Crippen molar-refractivity contribution in [3.05, 3.63) is 40.7 Å². The summed E-state index contributed by atoms with van der Waals surface area (Å²) in [5.41, 5.74) is 3.89. The predicted molar refractivity (Wildman–Crippen MR) is 109 cm³/mol. The number of hydrogen-bond donors (Lipinski definition) is 1. The van der Waals surface area contributed by atoms with E-state index in [4.69, 9.17) is 21.1 Å². The van der Waals surface area contributed by atoms with Crippen molar-refractivity contribution in [3.8, 4) is 16.9 Å². The highest BCUT2D eigenvalue weighted by Crippen LogP contribution is 2.36. The van der Waals surface area contributed by atoms with Crippen LogP contribution in [0.1, 0.15) is 24.7 Å². The van der Waals surface area contributed by atoms with Crippen molar-refractivity contribution in [2.75, 3.05) is 19.5 Å². The van der Waals surface area contributed by atoms with Gasteiger partial charge in [0, 0.05) is 17.3 Å². The quantitative estimate of drug-likeness (QED) is 0.627. The van der Waals surface area contributed by atoms with E-state index >= 15 is 0 Å². The van der Waals surface area contributed by atoms with Crippen LogP contribution in [0, 0.1) is 13.8 Å². The molecule has 0 aliphatic carbocycles. The molecule has 1 aromatic carbocycles. The average Bonchev–Trinajstić information content (AvgIpc) is 3.01. The van der Waals surface area contributed by atoms with Crippen LogP contribution in [0.25, 0.3) is 16.8 Å². The molecular weight excluding hydrogens is 380 g/mol. The summed E-state index contributed by atoms with van der Waals surface area (Å²) in [4.78, 5) is 16.7. The molecule has 2 heterocycles. The highest BCUT2D eigenvalue weighted by Gasteiger charge is 2.22. The fourth-order valence-corrected chi connectivity index (χ4v) is 3.40. The van der Waals surface area contributed by atoms with Gasteiger partial charge in [-0.05, 0) is 38.5 Å². The number of nitrogens with one attached hydrogen (secondary N) is 1. The van der Waals surface area contributed by atoms with Crippen molar-refractivity contribution >= 4 is 29.0 Å². The van der Waals surface area contributed by atoms with Crippen LogP contribution in [-0.4, -0.2) is 40.8 Å². The lowest BCUT2D eigenvalue weighted by atomic mass is 10.1. The Morgan fingerprint density at radius 2 is 2.04 bits per heavy atom. The summed E-state index contributed by atoms with van der Waals surface area (Å²) < 4.78 is 11.8. The normalized spacial score (nSPS) is 12.1. The van der Waals surface area contributed by atoms with Crippen LogP contribution >= 0.6 is 11.6 Å². The zero-order chi connectivity index (χ0) is 20.4. The number of aryl methyl sites for hydroxylation is 2. The number of benzene rings is 1. The van der Waals surface area contributed by atoms with Gasteiger partial charge >= 0.3 is 5.97 Å². The van der Waals surface area contributed by atoms with E-state index in [1.807, 2.05) is 39.0 Å². The minimum absolute atomic E-state index is 0.326. The van der Waals surface area contributed by atoms with Gasteiger partial charge < -0.3 is 14.8 Å². The number of fused-ring (bicyclic) bond motifs is 1. The molecule has 3 aromatic rings. The van der Waals surface area contributed by atoms with Gasteiger partial charge in [-0.25, -0.2) is 9.78 Å². The summed E-state index contributed by atoms with van der Waals surface area (Å²) in [6.45, 7) is 5.71. The maximum atomic E-state index is 12.0. The van der Waals surface area contributed by atoms with Crippen LogP contribution in [0.3, 0.4) is 0 Å². The number of carbonyl (C=O) groups excluding carboxylic acids is 1. The van der Waals surface area contributed by atoms with Crippen LogP contribution < -0.4 is 10.1 Å². The number of nitrogens with zero attached hydrogens (tertiary/aromatic N) is 3. The van der Waals surface area contributed by atoms with Crippen molar-refractivity contribution in [2.24, 2.45) is 0 Å². The lowest BCUT2D eigenvalue weighted by molar-refractivity contribution is -0.141. The van der Waals surface area contributed by atoms with Crippen molar-refractivity contribution in [3.63, 3.8) is 0 Å². The molecule has 148 valence electrons. The number of ether oxygens (including phenoxy) is 2. The number of methoxy groups -OCH3 is 2. The average molecular weight is 403 g/mol. The van der Waals surface area contributed by atoms with E-state index < -0.39 is 6.04 Å². The van der Waals surface area contributed by atoms with Crippen LogP contribution in [0.2, 0.25) is 5.02 Å². The molecule has 0 saturated carbocycles. The second kappa shape index (κ2) is 8.06. The highest BCUT2D eigenvalue weighted by molar-refractivity contribution is 6.33. The zero-order valence-electron chi connectivity index (χ0n) is 16.5. The Morgan fingerprint density at radius 3 is 2.64 bits per heavy atom. The Morgan fingerprint density at radius 1 is 1.29 bits per heavy atom. The van der Waals surface area contributed by atoms with Gasteiger partial charge in [-0.15, -0.1) is 0 Å². The third kappa shape index (κ3) is 3.62. The minimum Gasteiger partial charge on any atom is -0.497 e. The van der Waals surface area contributed by atoms with Crippen molar-refractivity contribution in [1.82, 2.24) is 14.6 Å². The van der Waals surface area contributed by atoms with Crippen LogP contribution in [0.15, 0.2) is 24.3 Å². The van der Waals surface area contributed by atoms with E-state index in [1.165, 1.54) is 7.11 Å². The summed E-state index contributed by atoms with van der Waals surface area (Å²) in [6.07, 6.45) is 0.576. The van der Waals surface area contributed by atoms with Gasteiger partial charge in [0.2, 0.25) is 0 Å². The number of rotatable bonds is 6. The van der Waals surface area contributed by atoms with E-state index in [0.717, 1.165) is 22.5 Å². The van der Waals surface area contributed by atoms with Crippen molar-refractivity contribution in [2.45, 2.75) is 33.2 Å². The fourth-order valence-electron chi connectivity index (χ4n) is 3.14. The van der Waals surface area contributed by atoms with Gasteiger partial charge in [-0.2, -0.15) is 9.61 Å². The van der Waals surface area contributed by atoms with Crippen LogP contribution in [0.4, 0.5) is 5.82 Å². The van der Waals surface area contributed by atoms with E-state index in [2.05, 4.69) is 15.4 Å². The van der Waals surface area contributed by atoms with Crippen LogP contribution in [0.5, 0.6) is 5.75 Å². The number of esters is 1. The topological polar surface area (TPSA) is 77.8 Å². The molecule has 8 heteroatoms. The van der Waals surface area contributed by atoms with E-state index in [0.29, 0.717) is 28.7 Å². The third-order valence-electron chi connectivity index (χ3n) is 4.55. The molecular formula is C20H23ClN4O3. The number of halogens is 1. The van der Waals surface area contributed by atoms with Crippen molar-refractivity contribution in [1.29, 1.82) is 0 Å². The maximum Gasteiger partial charge on any atom is 0.328 e. The maximum absolute atomic E-state index is 12.0. The van der Waals surface area contributed by atoms with Crippen LogP contribution in [-0.2, 0) is 9.53 Å². The molecule has 0 saturated heterocycles. The van der Waals surface area contributed by atoms with Gasteiger partial charge in [0.15, 0.2) is 5.65 Å². The molecule has 0 bridgehead atoms. The predicted octanol–water partition coefficient (Wildman–Crippen LogP) is 4.04. The third-order valence-corrected chi connectivity index (χ3v) is 4.87. The molecule has 0 aliphatic rings. The number of aromatic nitrogens is 3. The first-order valence-corrected chi connectivity index (χ1v) is 9.32. The summed E-state index contributed by atoms with van der Waals surface area (Å²) in [5.74, 6) is 1.02. The Kier molecular flexibility index (Phi) is 5.74. The van der Waals surface area contributed by atoms with E-state index in [9.17, 15) is 4.79 Å². The lowest BCUT2D eigenvalue weighted by Crippen LogP contribution is -2.30. The highest BCUT2D eigenvalue weighted by atomic mass is 35.5. The van der Waals surface area contributed by atoms with Gasteiger partial charge in [0.05, 0.1) is 30.5 Å². The lowest BCUT2D eigenvalue weighted by Gasteiger charge is -2.17. The Bertz CT molecular complexity index is 1030. The first-order valence-electron chi connectivity index (χ1n) is 8.94. The molecule has 28 heavy (non-hydrogen) atoms. The first kappa shape index (κ1) is 19.9. The minimum atomic E-state index is -0.479. The SMILES string of the molecule is CCC(Nc1cc(C)nc2c(-c3ccc(OC)cc3Cl)c(C)nn12)C(=O)OC. The monoisotopic (exact) mass is 402 g/mol.